The SMILES string of the molecule is COc1ccc(Nc2nnc(SCC(=O)Nc3ccc(OC)cc3OC)s2)cc1. The number of anilines is 3. The third-order valence-corrected chi connectivity index (χ3v) is 5.73. The lowest BCUT2D eigenvalue weighted by Gasteiger charge is -2.11. The van der Waals surface area contributed by atoms with Gasteiger partial charge in [-0.3, -0.25) is 4.79 Å². The maximum Gasteiger partial charge on any atom is 0.234 e. The lowest BCUT2D eigenvalue weighted by molar-refractivity contribution is -0.113. The summed E-state index contributed by atoms with van der Waals surface area (Å²) in [6.45, 7) is 0. The zero-order valence-corrected chi connectivity index (χ0v) is 17.7. The molecule has 0 radical (unpaired) electrons. The van der Waals surface area contributed by atoms with Crippen LogP contribution in [0.1, 0.15) is 0 Å². The maximum absolute atomic E-state index is 12.3. The Morgan fingerprint density at radius 1 is 1.00 bits per heavy atom. The van der Waals surface area contributed by atoms with Gasteiger partial charge in [-0.25, -0.2) is 0 Å². The number of hydrogen-bond acceptors (Lipinski definition) is 9. The molecule has 0 aliphatic heterocycles. The van der Waals surface area contributed by atoms with Crippen molar-refractivity contribution in [3.05, 3.63) is 42.5 Å². The molecule has 1 amide bonds. The molecule has 152 valence electrons. The second-order valence-electron chi connectivity index (χ2n) is 5.63. The zero-order chi connectivity index (χ0) is 20.6. The Hall–Kier alpha value is -2.98. The summed E-state index contributed by atoms with van der Waals surface area (Å²) in [7, 11) is 4.73. The normalized spacial score (nSPS) is 10.3. The predicted octanol–water partition coefficient (Wildman–Crippen LogP) is 4.04. The fraction of sp³-hybridized carbons (Fsp3) is 0.211. The number of ether oxygens (including phenoxy) is 3. The highest BCUT2D eigenvalue weighted by Crippen LogP contribution is 2.31. The van der Waals surface area contributed by atoms with Crippen molar-refractivity contribution in [3.8, 4) is 17.2 Å². The molecule has 8 nitrogen and oxygen atoms in total. The van der Waals surface area contributed by atoms with Gasteiger partial charge in [-0.05, 0) is 36.4 Å². The zero-order valence-electron chi connectivity index (χ0n) is 16.1. The van der Waals surface area contributed by atoms with E-state index in [0.717, 1.165) is 11.4 Å². The van der Waals surface area contributed by atoms with Crippen molar-refractivity contribution >= 4 is 45.5 Å². The predicted molar refractivity (Wildman–Crippen MR) is 115 cm³/mol. The quantitative estimate of drug-likeness (QED) is 0.489. The lowest BCUT2D eigenvalue weighted by atomic mass is 10.2. The van der Waals surface area contributed by atoms with Gasteiger partial charge in [0.05, 0.1) is 32.8 Å². The largest absolute Gasteiger partial charge is 0.497 e. The second kappa shape index (κ2) is 9.99. The van der Waals surface area contributed by atoms with E-state index in [4.69, 9.17) is 14.2 Å². The fourth-order valence-corrected chi connectivity index (χ4v) is 3.90. The van der Waals surface area contributed by atoms with E-state index in [1.807, 2.05) is 24.3 Å². The number of nitrogens with one attached hydrogen (secondary N) is 2. The van der Waals surface area contributed by atoms with Crippen LogP contribution in [0.3, 0.4) is 0 Å². The van der Waals surface area contributed by atoms with E-state index in [-0.39, 0.29) is 11.7 Å². The van der Waals surface area contributed by atoms with Gasteiger partial charge in [-0.2, -0.15) is 0 Å². The number of aromatic nitrogens is 2. The molecule has 0 aliphatic rings. The van der Waals surface area contributed by atoms with Crippen molar-refractivity contribution in [3.63, 3.8) is 0 Å². The van der Waals surface area contributed by atoms with Crippen LogP contribution in [-0.2, 0) is 4.79 Å². The Bertz CT molecular complexity index is 963. The van der Waals surface area contributed by atoms with E-state index in [1.54, 1.807) is 32.4 Å². The summed E-state index contributed by atoms with van der Waals surface area (Å²) in [5, 5.41) is 14.9. The average molecular weight is 433 g/mol. The average Bonchev–Trinajstić information content (AvgIpc) is 3.20. The molecule has 0 aliphatic carbocycles. The van der Waals surface area contributed by atoms with Gasteiger partial charge in [0.2, 0.25) is 11.0 Å². The monoisotopic (exact) mass is 432 g/mol. The molecule has 2 N–H and O–H groups in total. The molecule has 1 heterocycles. The smallest absolute Gasteiger partial charge is 0.234 e. The minimum Gasteiger partial charge on any atom is -0.497 e. The van der Waals surface area contributed by atoms with Gasteiger partial charge in [0, 0.05) is 11.8 Å². The number of amides is 1. The van der Waals surface area contributed by atoms with Gasteiger partial charge in [0.1, 0.15) is 17.2 Å². The van der Waals surface area contributed by atoms with Gasteiger partial charge in [0.25, 0.3) is 0 Å². The number of benzene rings is 2. The van der Waals surface area contributed by atoms with Crippen LogP contribution in [-0.4, -0.2) is 43.2 Å². The van der Waals surface area contributed by atoms with Crippen molar-refractivity contribution in [1.82, 2.24) is 10.2 Å². The summed E-state index contributed by atoms with van der Waals surface area (Å²) < 4.78 is 16.3. The van der Waals surface area contributed by atoms with Gasteiger partial charge in [-0.15, -0.1) is 10.2 Å². The Morgan fingerprint density at radius 2 is 1.72 bits per heavy atom. The molecule has 10 heteroatoms. The van der Waals surface area contributed by atoms with Gasteiger partial charge in [-0.1, -0.05) is 23.1 Å². The second-order valence-corrected chi connectivity index (χ2v) is 7.83. The molecule has 0 saturated carbocycles. The van der Waals surface area contributed by atoms with Crippen LogP contribution in [0.5, 0.6) is 17.2 Å². The number of hydrogen-bond donors (Lipinski definition) is 2. The van der Waals surface area contributed by atoms with Crippen LogP contribution in [0.4, 0.5) is 16.5 Å². The van der Waals surface area contributed by atoms with Crippen LogP contribution < -0.4 is 24.8 Å². The summed E-state index contributed by atoms with van der Waals surface area (Å²) in [5.74, 6) is 2.00. The lowest BCUT2D eigenvalue weighted by Crippen LogP contribution is -2.14. The molecule has 0 atom stereocenters. The Kier molecular flexibility index (Phi) is 7.14. The van der Waals surface area contributed by atoms with Crippen LogP contribution in [0.2, 0.25) is 0 Å². The highest BCUT2D eigenvalue weighted by molar-refractivity contribution is 8.01. The first-order valence-electron chi connectivity index (χ1n) is 8.50. The molecule has 1 aromatic heterocycles. The van der Waals surface area contributed by atoms with E-state index < -0.39 is 0 Å². The molecular formula is C19H20N4O4S2. The van der Waals surface area contributed by atoms with E-state index >= 15 is 0 Å². The number of carbonyl (C=O) groups excluding carboxylic acids is 1. The van der Waals surface area contributed by atoms with E-state index in [2.05, 4.69) is 20.8 Å². The first-order valence-corrected chi connectivity index (χ1v) is 10.3. The highest BCUT2D eigenvalue weighted by atomic mass is 32.2. The molecule has 0 saturated heterocycles. The molecule has 0 unspecified atom stereocenters. The fourth-order valence-electron chi connectivity index (χ4n) is 2.33. The summed E-state index contributed by atoms with van der Waals surface area (Å²) >= 11 is 2.69. The van der Waals surface area contributed by atoms with Crippen LogP contribution in [0.15, 0.2) is 46.8 Å². The minimum absolute atomic E-state index is 0.168. The van der Waals surface area contributed by atoms with Crippen molar-refractivity contribution < 1.29 is 19.0 Å². The molecule has 0 bridgehead atoms. The Labute approximate surface area is 176 Å². The summed E-state index contributed by atoms with van der Waals surface area (Å²) in [5.41, 5.74) is 1.46. The molecule has 0 fully saturated rings. The van der Waals surface area contributed by atoms with Crippen molar-refractivity contribution in [2.45, 2.75) is 4.34 Å². The van der Waals surface area contributed by atoms with E-state index in [9.17, 15) is 4.79 Å². The molecule has 2 aromatic carbocycles. The minimum atomic E-state index is -0.168. The van der Waals surface area contributed by atoms with E-state index in [0.29, 0.717) is 26.7 Å². The van der Waals surface area contributed by atoms with Crippen molar-refractivity contribution in [2.75, 3.05) is 37.7 Å². The number of rotatable bonds is 9. The maximum atomic E-state index is 12.3. The third kappa shape index (κ3) is 5.75. The first kappa shape index (κ1) is 20.7. The van der Waals surface area contributed by atoms with Crippen LogP contribution in [0, 0.1) is 0 Å². The first-order chi connectivity index (χ1) is 14.1. The molecule has 0 spiro atoms. The standard InChI is InChI=1S/C19H20N4O4S2/c1-25-13-6-4-12(5-7-13)20-18-22-23-19(29-18)28-11-17(24)21-15-9-8-14(26-2)10-16(15)27-3/h4-10H,11H2,1-3H3,(H,20,22)(H,21,24). The summed E-state index contributed by atoms with van der Waals surface area (Å²) in [6.07, 6.45) is 0. The van der Waals surface area contributed by atoms with Crippen molar-refractivity contribution in [2.24, 2.45) is 0 Å². The Morgan fingerprint density at radius 3 is 2.41 bits per heavy atom. The topological polar surface area (TPSA) is 94.6 Å². The molecule has 3 rings (SSSR count). The molecule has 3 aromatic rings. The van der Waals surface area contributed by atoms with Gasteiger partial charge in [0.15, 0.2) is 4.34 Å². The van der Waals surface area contributed by atoms with Gasteiger partial charge >= 0.3 is 0 Å². The number of nitrogens with zero attached hydrogens (tertiary/aromatic N) is 2. The molecule has 29 heavy (non-hydrogen) atoms. The molecular weight excluding hydrogens is 412 g/mol. The van der Waals surface area contributed by atoms with E-state index in [1.165, 1.54) is 30.2 Å². The van der Waals surface area contributed by atoms with Crippen LogP contribution >= 0.6 is 23.1 Å². The third-order valence-electron chi connectivity index (χ3n) is 3.76. The highest BCUT2D eigenvalue weighted by Gasteiger charge is 2.12. The number of carbonyl (C=O) groups is 1. The number of methoxy groups -OCH3 is 3. The van der Waals surface area contributed by atoms with Crippen molar-refractivity contribution in [1.29, 1.82) is 0 Å². The van der Waals surface area contributed by atoms with Gasteiger partial charge < -0.3 is 24.8 Å². The summed E-state index contributed by atoms with van der Waals surface area (Å²) in [6, 6.07) is 12.7. The number of thioether (sulfide) groups is 1. The summed E-state index contributed by atoms with van der Waals surface area (Å²) in [4.78, 5) is 12.3. The Balaban J connectivity index is 1.53. The van der Waals surface area contributed by atoms with Crippen LogP contribution in [0.25, 0.3) is 0 Å².